The van der Waals surface area contributed by atoms with E-state index in [4.69, 9.17) is 0 Å². The quantitative estimate of drug-likeness (QED) is 0.0958. The summed E-state index contributed by atoms with van der Waals surface area (Å²) < 4.78 is 0. The van der Waals surface area contributed by atoms with Crippen LogP contribution in [-0.4, -0.2) is 247 Å². The molecule has 0 amide bonds. The normalized spacial score (nSPS) is 7.71. The molecule has 0 aromatic rings. The summed E-state index contributed by atoms with van der Waals surface area (Å²) in [6.45, 7) is 41.5. The molecular formula is C36H104Os2P6Re4Se8+6. The van der Waals surface area contributed by atoms with Gasteiger partial charge >= 0.3 is 137 Å². The minimum atomic E-state index is 0. The summed E-state index contributed by atoms with van der Waals surface area (Å²) in [5.74, 6) is 0. The van der Waals surface area contributed by atoms with Crippen LogP contribution in [0.25, 0.3) is 0 Å². The molecule has 0 aliphatic rings. The second kappa shape index (κ2) is 126. The van der Waals surface area contributed by atoms with Gasteiger partial charge in [0.2, 0.25) is 0 Å². The van der Waals surface area contributed by atoms with Gasteiger partial charge in [-0.25, -0.2) is 0 Å². The summed E-state index contributed by atoms with van der Waals surface area (Å²) in [5.41, 5.74) is 0. The standard InChI is InChI=1S/6C6H15P.2Os.4Re.8HSe/c6*1-4-7(5-2)6-3;;;;;;;;;;;;;;/h6*4-6H2,1-3H3;;;;;;;8*1H/p+6. The Hall–Kier alpha value is 10.7. The van der Waals surface area contributed by atoms with Gasteiger partial charge in [-0.15, -0.1) is 0 Å². The molecule has 0 nitrogen and oxygen atoms in total. The van der Waals surface area contributed by atoms with Gasteiger partial charge in [0.05, 0.1) is 111 Å². The van der Waals surface area contributed by atoms with E-state index in [0.717, 1.165) is 0 Å². The van der Waals surface area contributed by atoms with Gasteiger partial charge in [-0.05, 0) is 172 Å². The summed E-state index contributed by atoms with van der Waals surface area (Å²) in [5, 5.41) is 0. The van der Waals surface area contributed by atoms with E-state index in [-0.39, 0.29) is 305 Å². The van der Waals surface area contributed by atoms with E-state index >= 15 is 0 Å². The molecule has 364 valence electrons. The molecule has 0 N–H and O–H groups in total. The molecule has 0 fully saturated rings. The third-order valence-corrected chi connectivity index (χ3v) is 27.0. The molecule has 0 saturated carbocycles. The van der Waals surface area contributed by atoms with Crippen LogP contribution in [0.4, 0.5) is 0 Å². The maximum absolute atomic E-state index is 2.31. The Morgan fingerprint density at radius 1 is 0.161 bits per heavy atom. The van der Waals surface area contributed by atoms with Crippen LogP contribution in [-0.2, 0) is 121 Å². The minimum absolute atomic E-state index is 0. The van der Waals surface area contributed by atoms with Crippen molar-refractivity contribution in [2.24, 2.45) is 0 Å². The van der Waals surface area contributed by atoms with Crippen molar-refractivity contribution in [2.45, 2.75) is 125 Å². The molecule has 0 atom stereocenters. The zero-order valence-corrected chi connectivity index (χ0v) is 76.5. The number of hydrogen-bond donors (Lipinski definition) is 0. The number of hydrogen-bond acceptors (Lipinski definition) is 0. The average molecular weight is 2480 g/mol. The molecule has 0 saturated heterocycles. The van der Waals surface area contributed by atoms with E-state index in [0.29, 0.717) is 0 Å². The van der Waals surface area contributed by atoms with Crippen molar-refractivity contribution < 1.29 is 121 Å². The molecule has 0 aliphatic heterocycles. The molecule has 0 bridgehead atoms. The molecule has 12 radical (unpaired) electrons. The van der Waals surface area contributed by atoms with E-state index in [1.165, 1.54) is 111 Å². The van der Waals surface area contributed by atoms with Crippen LogP contribution in [0.3, 0.4) is 0 Å². The molecule has 0 aliphatic carbocycles. The Balaban J connectivity index is -0.0000000147. The SMILES string of the molecule is CC[PH+](CC)CC.CC[PH+](CC)CC.CC[PH+](CC)CC.CC[PH+](CC)CC.CC[PH+](CC)CC.CC[PH+](CC)CC.[Os].[Os].[Re].[Re].[Re].[Re].[SeH].[SeH].[SeH].[SeH].[SeH].[SeH].[SeH].[SeH]. The van der Waals surface area contributed by atoms with Crippen molar-refractivity contribution in [3.8, 4) is 0 Å². The van der Waals surface area contributed by atoms with Crippen LogP contribution < -0.4 is 0 Å². The van der Waals surface area contributed by atoms with Crippen molar-refractivity contribution >= 4 is 184 Å². The van der Waals surface area contributed by atoms with Crippen molar-refractivity contribution in [3.63, 3.8) is 0 Å². The molecule has 0 heterocycles. The van der Waals surface area contributed by atoms with Crippen LogP contribution in [0.5, 0.6) is 0 Å². The summed E-state index contributed by atoms with van der Waals surface area (Å²) >= 11 is 0. The summed E-state index contributed by atoms with van der Waals surface area (Å²) in [6.07, 6.45) is 26.2. The van der Waals surface area contributed by atoms with Crippen molar-refractivity contribution in [1.29, 1.82) is 0 Å². The van der Waals surface area contributed by atoms with E-state index in [1.807, 2.05) is 0 Å². The summed E-state index contributed by atoms with van der Waals surface area (Å²) in [7, 11) is 0.824. The Bertz CT molecular complexity index is 312. The average Bonchev–Trinajstić information content (AvgIpc) is 3.04. The molecule has 0 unspecified atom stereocenters. The first-order valence-corrected chi connectivity index (χ1v) is 31.8. The Labute approximate surface area is 532 Å². The van der Waals surface area contributed by atoms with Crippen LogP contribution in [0.2, 0.25) is 0 Å². The first-order chi connectivity index (χ1) is 20.1. The Morgan fingerprint density at radius 2 is 0.196 bits per heavy atom. The second-order valence-corrected chi connectivity index (χ2v) is 32.6. The third kappa shape index (κ3) is 120. The predicted molar refractivity (Wildman–Crippen MR) is 297 cm³/mol. The van der Waals surface area contributed by atoms with Gasteiger partial charge in [0, 0.05) is 121 Å². The summed E-state index contributed by atoms with van der Waals surface area (Å²) in [6, 6.07) is 0. The third-order valence-electron chi connectivity index (χ3n) is 9.00. The first-order valence-electron chi connectivity index (χ1n) is 19.1. The fourth-order valence-electron chi connectivity index (χ4n) is 4.50. The monoisotopic (exact) mass is 2490 g/mol. The van der Waals surface area contributed by atoms with E-state index < -0.39 is 0 Å². The molecule has 0 spiro atoms. The zero-order chi connectivity index (χ0) is 34.2. The van der Waals surface area contributed by atoms with Crippen LogP contribution in [0.15, 0.2) is 0 Å². The fourth-order valence-corrected chi connectivity index (χ4v) is 13.5. The first kappa shape index (κ1) is 132. The predicted octanol–water partition coefficient (Wildman–Crippen LogP) is 8.36. The van der Waals surface area contributed by atoms with E-state index in [2.05, 4.69) is 125 Å². The van der Waals surface area contributed by atoms with Gasteiger partial charge in [-0.2, -0.15) is 0 Å². The van der Waals surface area contributed by atoms with Gasteiger partial charge in [0.15, 0.2) is 0 Å². The van der Waals surface area contributed by atoms with Crippen LogP contribution >= 0.6 is 47.5 Å². The van der Waals surface area contributed by atoms with Crippen molar-refractivity contribution in [3.05, 3.63) is 0 Å². The molecule has 20 heteroatoms. The van der Waals surface area contributed by atoms with Crippen molar-refractivity contribution in [2.75, 3.05) is 111 Å². The van der Waals surface area contributed by atoms with Crippen LogP contribution in [0.1, 0.15) is 125 Å². The number of rotatable bonds is 18. The van der Waals surface area contributed by atoms with Gasteiger partial charge in [0.25, 0.3) is 0 Å². The Morgan fingerprint density at radius 3 is 0.196 bits per heavy atom. The van der Waals surface area contributed by atoms with Gasteiger partial charge < -0.3 is 0 Å². The fraction of sp³-hybridized carbons (Fsp3) is 1.00. The summed E-state index contributed by atoms with van der Waals surface area (Å²) in [4.78, 5) is 0. The molecular weight excluding hydrogens is 2380 g/mol. The molecule has 0 aromatic heterocycles. The second-order valence-electron chi connectivity index (χ2n) is 10.9. The molecule has 0 rings (SSSR count). The van der Waals surface area contributed by atoms with Crippen LogP contribution in [0, 0.1) is 0 Å². The van der Waals surface area contributed by atoms with Gasteiger partial charge in [-0.1, -0.05) is 0 Å². The van der Waals surface area contributed by atoms with Gasteiger partial charge in [-0.3, -0.25) is 0 Å². The molecule has 56 heavy (non-hydrogen) atoms. The van der Waals surface area contributed by atoms with Crippen molar-refractivity contribution in [1.82, 2.24) is 0 Å². The maximum atomic E-state index is 2.31. The van der Waals surface area contributed by atoms with Gasteiger partial charge in [0.1, 0.15) is 0 Å². The van der Waals surface area contributed by atoms with E-state index in [9.17, 15) is 0 Å². The van der Waals surface area contributed by atoms with E-state index in [1.54, 1.807) is 0 Å². The zero-order valence-electron chi connectivity index (χ0n) is 39.5. The topological polar surface area (TPSA) is 0 Å². The Kier molecular flexibility index (Phi) is 297. The molecule has 0 aromatic carbocycles.